The molecular weight excluding hydrogens is 236 g/mol. The second-order valence-corrected chi connectivity index (χ2v) is 7.75. The fraction of sp³-hybridized carbons (Fsp3) is 1.00. The summed E-state index contributed by atoms with van der Waals surface area (Å²) in [5.41, 5.74) is 0. The predicted octanol–water partition coefficient (Wildman–Crippen LogP) is 0.636. The quantitative estimate of drug-likeness (QED) is 0.791. The number of nitrogens with zero attached hydrogens (tertiary/aromatic N) is 1. The fourth-order valence-electron chi connectivity index (χ4n) is 3.02. The van der Waals surface area contributed by atoms with Crippen molar-refractivity contribution in [2.45, 2.75) is 51.2 Å². The molecule has 17 heavy (non-hydrogen) atoms. The van der Waals surface area contributed by atoms with E-state index in [0.717, 1.165) is 32.4 Å². The summed E-state index contributed by atoms with van der Waals surface area (Å²) in [6.45, 7) is 6.53. The molecule has 2 atom stereocenters. The summed E-state index contributed by atoms with van der Waals surface area (Å²) in [5, 5.41) is 3.51. The molecule has 2 aliphatic rings. The van der Waals surface area contributed by atoms with Crippen LogP contribution in [0.4, 0.5) is 0 Å². The van der Waals surface area contributed by atoms with Crippen LogP contribution in [0.2, 0.25) is 0 Å². The van der Waals surface area contributed by atoms with Gasteiger partial charge in [-0.25, -0.2) is 8.42 Å². The van der Waals surface area contributed by atoms with Crippen LogP contribution < -0.4 is 5.32 Å². The minimum Gasteiger partial charge on any atom is -0.311 e. The Hall–Kier alpha value is -0.130. The van der Waals surface area contributed by atoms with Crippen molar-refractivity contribution < 1.29 is 8.42 Å². The molecular formula is C12H24N2O2S. The minimum absolute atomic E-state index is 0.381. The molecule has 0 aromatic heterocycles. The Balaban J connectivity index is 2.00. The lowest BCUT2D eigenvalue weighted by Gasteiger charge is -2.45. The van der Waals surface area contributed by atoms with Gasteiger partial charge in [0.15, 0.2) is 0 Å². The van der Waals surface area contributed by atoms with E-state index in [1.54, 1.807) is 0 Å². The first-order valence-electron chi connectivity index (χ1n) is 6.71. The summed E-state index contributed by atoms with van der Waals surface area (Å²) < 4.78 is 22.9. The average molecular weight is 260 g/mol. The Kier molecular flexibility index (Phi) is 4.10. The van der Waals surface area contributed by atoms with E-state index in [-0.39, 0.29) is 0 Å². The molecule has 0 spiro atoms. The van der Waals surface area contributed by atoms with Crippen molar-refractivity contribution >= 4 is 9.84 Å². The molecule has 2 saturated heterocycles. The Morgan fingerprint density at radius 1 is 1.29 bits per heavy atom. The highest BCUT2D eigenvalue weighted by Gasteiger charge is 2.33. The largest absolute Gasteiger partial charge is 0.311 e. The highest BCUT2D eigenvalue weighted by molar-refractivity contribution is 7.91. The number of hydrogen-bond donors (Lipinski definition) is 1. The van der Waals surface area contributed by atoms with Gasteiger partial charge in [0.25, 0.3) is 0 Å². The van der Waals surface area contributed by atoms with Gasteiger partial charge >= 0.3 is 0 Å². The van der Waals surface area contributed by atoms with Crippen LogP contribution in [-0.2, 0) is 9.84 Å². The van der Waals surface area contributed by atoms with E-state index in [2.05, 4.69) is 24.1 Å². The first-order valence-corrected chi connectivity index (χ1v) is 8.53. The molecule has 0 radical (unpaired) electrons. The monoisotopic (exact) mass is 260 g/mol. The van der Waals surface area contributed by atoms with Gasteiger partial charge in [-0.15, -0.1) is 0 Å². The summed E-state index contributed by atoms with van der Waals surface area (Å²) in [7, 11) is -2.73. The van der Waals surface area contributed by atoms with Crippen LogP contribution in [-0.4, -0.2) is 56.0 Å². The number of nitrogens with one attached hydrogen (secondary N) is 1. The van der Waals surface area contributed by atoms with E-state index in [1.165, 1.54) is 0 Å². The molecule has 2 heterocycles. The van der Waals surface area contributed by atoms with E-state index in [9.17, 15) is 8.42 Å². The van der Waals surface area contributed by atoms with E-state index in [1.807, 2.05) is 0 Å². The minimum atomic E-state index is -2.73. The summed E-state index contributed by atoms with van der Waals surface area (Å²) in [6, 6.07) is 1.58. The maximum Gasteiger partial charge on any atom is 0.150 e. The predicted molar refractivity (Wildman–Crippen MR) is 69.9 cm³/mol. The Bertz CT molecular complexity index is 342. The summed E-state index contributed by atoms with van der Waals surface area (Å²) in [6.07, 6.45) is 2.79. The summed E-state index contributed by atoms with van der Waals surface area (Å²) >= 11 is 0. The van der Waals surface area contributed by atoms with Crippen molar-refractivity contribution in [3.63, 3.8) is 0 Å². The average Bonchev–Trinajstić information content (AvgIpc) is 2.29. The van der Waals surface area contributed by atoms with Crippen molar-refractivity contribution in [3.8, 4) is 0 Å². The molecule has 0 bridgehead atoms. The van der Waals surface area contributed by atoms with E-state index in [0.29, 0.717) is 29.6 Å². The highest BCUT2D eigenvalue weighted by Crippen LogP contribution is 2.23. The lowest BCUT2D eigenvalue weighted by Crippen LogP contribution is -2.59. The van der Waals surface area contributed by atoms with Gasteiger partial charge < -0.3 is 5.32 Å². The van der Waals surface area contributed by atoms with Crippen molar-refractivity contribution in [1.29, 1.82) is 0 Å². The first-order chi connectivity index (χ1) is 8.02. The lowest BCUT2D eigenvalue weighted by atomic mass is 10.0. The molecule has 1 N–H and O–H groups in total. The molecule has 2 rings (SSSR count). The second-order valence-electron chi connectivity index (χ2n) is 5.45. The summed E-state index contributed by atoms with van der Waals surface area (Å²) in [5.74, 6) is 0.763. The SMILES string of the molecule is CCC1CNC(C)CN1C1CCS(=O)(=O)CC1. The number of rotatable bonds is 2. The normalized spacial score (nSPS) is 35.9. The summed E-state index contributed by atoms with van der Waals surface area (Å²) in [4.78, 5) is 2.55. The highest BCUT2D eigenvalue weighted by atomic mass is 32.2. The zero-order valence-electron chi connectivity index (χ0n) is 10.9. The standard InChI is InChI=1S/C12H24N2O2S/c1-3-11-8-13-10(2)9-14(11)12-4-6-17(15,16)7-5-12/h10-13H,3-9H2,1-2H3. The molecule has 2 aliphatic heterocycles. The molecule has 4 nitrogen and oxygen atoms in total. The van der Waals surface area contributed by atoms with Crippen molar-refractivity contribution in [2.24, 2.45) is 0 Å². The smallest absolute Gasteiger partial charge is 0.150 e. The fourth-order valence-corrected chi connectivity index (χ4v) is 4.49. The topological polar surface area (TPSA) is 49.4 Å². The van der Waals surface area contributed by atoms with Crippen LogP contribution in [0.25, 0.3) is 0 Å². The molecule has 0 aliphatic carbocycles. The Morgan fingerprint density at radius 2 is 1.94 bits per heavy atom. The third-order valence-corrected chi connectivity index (χ3v) is 5.84. The molecule has 0 amide bonds. The molecule has 5 heteroatoms. The Labute approximate surface area is 105 Å². The third-order valence-electron chi connectivity index (χ3n) is 4.12. The lowest BCUT2D eigenvalue weighted by molar-refractivity contribution is 0.0771. The van der Waals surface area contributed by atoms with Crippen LogP contribution in [0.1, 0.15) is 33.1 Å². The van der Waals surface area contributed by atoms with Crippen molar-refractivity contribution in [2.75, 3.05) is 24.6 Å². The second kappa shape index (κ2) is 5.24. The van der Waals surface area contributed by atoms with Crippen molar-refractivity contribution in [3.05, 3.63) is 0 Å². The van der Waals surface area contributed by atoms with Gasteiger partial charge in [-0.05, 0) is 26.2 Å². The van der Waals surface area contributed by atoms with Crippen LogP contribution in [0, 0.1) is 0 Å². The van der Waals surface area contributed by atoms with Crippen LogP contribution in [0.15, 0.2) is 0 Å². The number of sulfone groups is 1. The Morgan fingerprint density at radius 3 is 2.53 bits per heavy atom. The molecule has 0 aromatic rings. The molecule has 0 saturated carbocycles. The number of hydrogen-bond acceptors (Lipinski definition) is 4. The van der Waals surface area contributed by atoms with Gasteiger partial charge in [-0.3, -0.25) is 4.90 Å². The van der Waals surface area contributed by atoms with Gasteiger partial charge in [-0.2, -0.15) is 0 Å². The zero-order chi connectivity index (χ0) is 12.5. The van der Waals surface area contributed by atoms with Gasteiger partial charge in [0.05, 0.1) is 11.5 Å². The third kappa shape index (κ3) is 3.20. The van der Waals surface area contributed by atoms with Crippen LogP contribution in [0.5, 0.6) is 0 Å². The van der Waals surface area contributed by atoms with Gasteiger partial charge in [0.1, 0.15) is 9.84 Å². The van der Waals surface area contributed by atoms with Crippen molar-refractivity contribution in [1.82, 2.24) is 10.2 Å². The van der Waals surface area contributed by atoms with Crippen LogP contribution >= 0.6 is 0 Å². The molecule has 2 unspecified atom stereocenters. The van der Waals surface area contributed by atoms with Crippen LogP contribution in [0.3, 0.4) is 0 Å². The first kappa shape index (κ1) is 13.3. The molecule has 0 aromatic carbocycles. The zero-order valence-corrected chi connectivity index (χ0v) is 11.7. The number of piperazine rings is 1. The van der Waals surface area contributed by atoms with E-state index in [4.69, 9.17) is 0 Å². The maximum atomic E-state index is 11.5. The van der Waals surface area contributed by atoms with Gasteiger partial charge in [0, 0.05) is 31.2 Å². The molecule has 100 valence electrons. The van der Waals surface area contributed by atoms with E-state index < -0.39 is 9.84 Å². The van der Waals surface area contributed by atoms with Gasteiger partial charge in [-0.1, -0.05) is 6.92 Å². The molecule has 2 fully saturated rings. The van der Waals surface area contributed by atoms with Gasteiger partial charge in [0.2, 0.25) is 0 Å². The maximum absolute atomic E-state index is 11.5. The van der Waals surface area contributed by atoms with E-state index >= 15 is 0 Å².